The van der Waals surface area contributed by atoms with Gasteiger partial charge in [0.15, 0.2) is 0 Å². The molecule has 0 aliphatic carbocycles. The fraction of sp³-hybridized carbons (Fsp3) is 0.0714. The van der Waals surface area contributed by atoms with Crippen molar-refractivity contribution in [3.05, 3.63) is 60.2 Å². The van der Waals surface area contributed by atoms with Gasteiger partial charge in [-0.05, 0) is 42.0 Å². The van der Waals surface area contributed by atoms with Crippen molar-refractivity contribution < 1.29 is 4.74 Å². The van der Waals surface area contributed by atoms with Crippen LogP contribution in [0.4, 0.5) is 5.69 Å². The van der Waals surface area contributed by atoms with E-state index < -0.39 is 0 Å². The summed E-state index contributed by atoms with van der Waals surface area (Å²) in [6, 6.07) is 17.5. The lowest BCUT2D eigenvalue weighted by Gasteiger charge is -2.00. The van der Waals surface area contributed by atoms with Gasteiger partial charge in [0.1, 0.15) is 5.75 Å². The molecule has 2 rings (SSSR count). The van der Waals surface area contributed by atoms with Crippen LogP contribution in [0.25, 0.3) is 0 Å². The van der Waals surface area contributed by atoms with Gasteiger partial charge in [-0.15, -0.1) is 0 Å². The number of para-hydroxylation sites is 1. The van der Waals surface area contributed by atoms with Crippen LogP contribution < -0.4 is 10.2 Å². The molecule has 0 fully saturated rings. The summed E-state index contributed by atoms with van der Waals surface area (Å²) in [6.45, 7) is 0. The van der Waals surface area contributed by atoms with Gasteiger partial charge >= 0.3 is 0 Å². The number of methoxy groups -OCH3 is 1. The summed E-state index contributed by atoms with van der Waals surface area (Å²) < 4.78 is 5.08. The van der Waals surface area contributed by atoms with E-state index in [1.165, 1.54) is 0 Å². The molecule has 0 bridgehead atoms. The van der Waals surface area contributed by atoms with E-state index in [2.05, 4.69) is 10.5 Å². The van der Waals surface area contributed by atoms with Gasteiger partial charge in [0.25, 0.3) is 0 Å². The zero-order valence-electron chi connectivity index (χ0n) is 9.63. The Bertz CT molecular complexity index is 477. The molecule has 0 amide bonds. The predicted octanol–water partition coefficient (Wildman–Crippen LogP) is 3.14. The average Bonchev–Trinajstić information content (AvgIpc) is 2.41. The third kappa shape index (κ3) is 3.34. The summed E-state index contributed by atoms with van der Waals surface area (Å²) in [5.41, 5.74) is 4.95. The molecule has 3 nitrogen and oxygen atoms in total. The molecular formula is C14H14N2O. The third-order valence-corrected chi connectivity index (χ3v) is 2.30. The Morgan fingerprint density at radius 3 is 2.35 bits per heavy atom. The third-order valence-electron chi connectivity index (χ3n) is 2.30. The lowest BCUT2D eigenvalue weighted by molar-refractivity contribution is 0.415. The first kappa shape index (κ1) is 11.2. The van der Waals surface area contributed by atoms with Gasteiger partial charge in [0.05, 0.1) is 19.0 Å². The number of hydrogen-bond acceptors (Lipinski definition) is 3. The molecule has 0 aromatic heterocycles. The number of benzene rings is 2. The average molecular weight is 226 g/mol. The van der Waals surface area contributed by atoms with Crippen LogP contribution in [0.2, 0.25) is 0 Å². The standard InChI is InChI=1S/C14H14N2O/c1-17-14-9-7-12(8-10-14)11-15-16-13-5-3-2-4-6-13/h2-11,16H,1H3/b15-11-. The maximum absolute atomic E-state index is 5.08. The fourth-order valence-corrected chi connectivity index (χ4v) is 1.38. The Balaban J connectivity index is 1.96. The van der Waals surface area contributed by atoms with Gasteiger partial charge in [-0.3, -0.25) is 5.43 Å². The van der Waals surface area contributed by atoms with Crippen molar-refractivity contribution in [2.24, 2.45) is 5.10 Å². The highest BCUT2D eigenvalue weighted by Crippen LogP contribution is 2.10. The lowest BCUT2D eigenvalue weighted by atomic mass is 10.2. The summed E-state index contributed by atoms with van der Waals surface area (Å²) in [6.07, 6.45) is 1.77. The molecule has 0 radical (unpaired) electrons. The van der Waals surface area contributed by atoms with Gasteiger partial charge < -0.3 is 4.74 Å². The number of hydrogen-bond donors (Lipinski definition) is 1. The minimum Gasteiger partial charge on any atom is -0.497 e. The molecule has 0 aliphatic heterocycles. The topological polar surface area (TPSA) is 33.6 Å². The number of nitrogens with one attached hydrogen (secondary N) is 1. The van der Waals surface area contributed by atoms with Crippen LogP contribution in [0.1, 0.15) is 5.56 Å². The SMILES string of the molecule is COc1ccc(/C=N\Nc2ccccc2)cc1. The Labute approximate surface area is 101 Å². The van der Waals surface area contributed by atoms with E-state index in [9.17, 15) is 0 Å². The number of anilines is 1. The number of nitrogens with zero attached hydrogens (tertiary/aromatic N) is 1. The minimum atomic E-state index is 0.846. The molecule has 0 atom stereocenters. The highest BCUT2D eigenvalue weighted by atomic mass is 16.5. The van der Waals surface area contributed by atoms with Crippen LogP contribution in [0, 0.1) is 0 Å². The predicted molar refractivity (Wildman–Crippen MR) is 70.7 cm³/mol. The quantitative estimate of drug-likeness (QED) is 0.642. The van der Waals surface area contributed by atoms with Crippen molar-refractivity contribution in [1.29, 1.82) is 0 Å². The van der Waals surface area contributed by atoms with Gasteiger partial charge in [-0.2, -0.15) is 5.10 Å². The highest BCUT2D eigenvalue weighted by molar-refractivity contribution is 5.80. The number of ether oxygens (including phenoxy) is 1. The van der Waals surface area contributed by atoms with Crippen molar-refractivity contribution in [2.75, 3.05) is 12.5 Å². The van der Waals surface area contributed by atoms with Crippen molar-refractivity contribution in [3.63, 3.8) is 0 Å². The van der Waals surface area contributed by atoms with E-state index in [0.29, 0.717) is 0 Å². The molecule has 0 spiro atoms. The molecule has 0 unspecified atom stereocenters. The first-order valence-electron chi connectivity index (χ1n) is 5.36. The van der Waals surface area contributed by atoms with Gasteiger partial charge in [-0.25, -0.2) is 0 Å². The molecule has 2 aromatic rings. The second-order valence-electron chi connectivity index (χ2n) is 3.51. The largest absolute Gasteiger partial charge is 0.497 e. The minimum absolute atomic E-state index is 0.846. The zero-order valence-corrected chi connectivity index (χ0v) is 9.63. The second kappa shape index (κ2) is 5.70. The van der Waals surface area contributed by atoms with E-state index in [0.717, 1.165) is 17.0 Å². The second-order valence-corrected chi connectivity index (χ2v) is 3.51. The van der Waals surface area contributed by atoms with Crippen molar-refractivity contribution in [1.82, 2.24) is 0 Å². The fourth-order valence-electron chi connectivity index (χ4n) is 1.38. The number of hydrazone groups is 1. The van der Waals surface area contributed by atoms with Crippen LogP contribution in [-0.4, -0.2) is 13.3 Å². The van der Waals surface area contributed by atoms with E-state index >= 15 is 0 Å². The normalized spacial score (nSPS) is 10.4. The molecule has 0 heterocycles. The van der Waals surface area contributed by atoms with E-state index in [1.54, 1.807) is 13.3 Å². The van der Waals surface area contributed by atoms with Gasteiger partial charge in [0, 0.05) is 0 Å². The first-order chi connectivity index (χ1) is 8.38. The van der Waals surface area contributed by atoms with Gasteiger partial charge in [-0.1, -0.05) is 18.2 Å². The van der Waals surface area contributed by atoms with Crippen molar-refractivity contribution >= 4 is 11.9 Å². The summed E-state index contributed by atoms with van der Waals surface area (Å²) in [7, 11) is 1.65. The Kier molecular flexibility index (Phi) is 3.76. The van der Waals surface area contributed by atoms with E-state index in [-0.39, 0.29) is 0 Å². The van der Waals surface area contributed by atoms with Crippen LogP contribution in [0.3, 0.4) is 0 Å². The zero-order chi connectivity index (χ0) is 11.9. The molecule has 0 saturated carbocycles. The Hall–Kier alpha value is -2.29. The summed E-state index contributed by atoms with van der Waals surface area (Å²) in [4.78, 5) is 0. The molecule has 2 aromatic carbocycles. The van der Waals surface area contributed by atoms with Crippen LogP contribution in [-0.2, 0) is 0 Å². The highest BCUT2D eigenvalue weighted by Gasteiger charge is 1.90. The molecule has 3 heteroatoms. The van der Waals surface area contributed by atoms with Crippen molar-refractivity contribution in [2.45, 2.75) is 0 Å². The Morgan fingerprint density at radius 1 is 1.00 bits per heavy atom. The lowest BCUT2D eigenvalue weighted by Crippen LogP contribution is -1.90. The number of rotatable bonds is 4. The van der Waals surface area contributed by atoms with Crippen molar-refractivity contribution in [3.8, 4) is 5.75 Å². The molecular weight excluding hydrogens is 212 g/mol. The van der Waals surface area contributed by atoms with Crippen LogP contribution in [0.5, 0.6) is 5.75 Å². The van der Waals surface area contributed by atoms with Crippen LogP contribution in [0.15, 0.2) is 59.7 Å². The summed E-state index contributed by atoms with van der Waals surface area (Å²) in [5.74, 6) is 0.846. The summed E-state index contributed by atoms with van der Waals surface area (Å²) in [5, 5.41) is 4.15. The first-order valence-corrected chi connectivity index (χ1v) is 5.36. The monoisotopic (exact) mass is 226 g/mol. The van der Waals surface area contributed by atoms with Crippen LogP contribution >= 0.6 is 0 Å². The molecule has 1 N–H and O–H groups in total. The Morgan fingerprint density at radius 2 is 1.71 bits per heavy atom. The molecule has 0 saturated heterocycles. The maximum Gasteiger partial charge on any atom is 0.118 e. The molecule has 86 valence electrons. The smallest absolute Gasteiger partial charge is 0.118 e. The molecule has 0 aliphatic rings. The van der Waals surface area contributed by atoms with Gasteiger partial charge in [0.2, 0.25) is 0 Å². The molecule has 17 heavy (non-hydrogen) atoms. The maximum atomic E-state index is 5.08. The van der Waals surface area contributed by atoms with E-state index in [1.807, 2.05) is 54.6 Å². The summed E-state index contributed by atoms with van der Waals surface area (Å²) >= 11 is 0. The van der Waals surface area contributed by atoms with E-state index in [4.69, 9.17) is 4.74 Å².